The Hall–Kier alpha value is -1.06. The first-order chi connectivity index (χ1) is 8.95. The molecule has 2 amide bonds. The number of hydrogen-bond donors (Lipinski definition) is 1. The normalized spacial score (nSPS) is 20.6. The van der Waals surface area contributed by atoms with Gasteiger partial charge < -0.3 is 10.2 Å². The summed E-state index contributed by atoms with van der Waals surface area (Å²) < 4.78 is 0. The maximum absolute atomic E-state index is 12.7. The van der Waals surface area contributed by atoms with Gasteiger partial charge >= 0.3 is 0 Å². The van der Waals surface area contributed by atoms with Gasteiger partial charge in [-0.2, -0.15) is 0 Å². The lowest BCUT2D eigenvalue weighted by Gasteiger charge is -2.45. The second kappa shape index (κ2) is 6.40. The van der Waals surface area contributed by atoms with Crippen LogP contribution in [0, 0.1) is 5.92 Å². The van der Waals surface area contributed by atoms with E-state index in [1.54, 1.807) is 4.90 Å². The third-order valence-corrected chi connectivity index (χ3v) is 4.79. The fourth-order valence-electron chi connectivity index (χ4n) is 3.14. The highest BCUT2D eigenvalue weighted by Gasteiger charge is 2.45. The summed E-state index contributed by atoms with van der Waals surface area (Å²) in [5.74, 6) is 0.527. The number of rotatable bonds is 6. The fraction of sp³-hybridized carbons (Fsp3) is 0.867. The van der Waals surface area contributed by atoms with Crippen LogP contribution in [0.25, 0.3) is 0 Å². The molecule has 0 saturated carbocycles. The van der Waals surface area contributed by atoms with Crippen LogP contribution in [-0.2, 0) is 9.59 Å². The highest BCUT2D eigenvalue weighted by Crippen LogP contribution is 2.27. The molecule has 1 atom stereocenters. The summed E-state index contributed by atoms with van der Waals surface area (Å²) in [5, 5.41) is 2.91. The van der Waals surface area contributed by atoms with Crippen molar-refractivity contribution in [1.82, 2.24) is 10.2 Å². The van der Waals surface area contributed by atoms with Gasteiger partial charge in [-0.05, 0) is 25.7 Å². The molecule has 1 aliphatic rings. The van der Waals surface area contributed by atoms with Gasteiger partial charge in [0.05, 0.1) is 6.54 Å². The Morgan fingerprint density at radius 2 is 1.68 bits per heavy atom. The number of nitrogens with zero attached hydrogens (tertiary/aromatic N) is 1. The predicted molar refractivity (Wildman–Crippen MR) is 76.7 cm³/mol. The molecule has 1 aliphatic heterocycles. The Morgan fingerprint density at radius 1 is 1.16 bits per heavy atom. The standard InChI is InChI=1S/C15H28N2O2/c1-6-12(7-2)11(5)17-10-13(18)16-15(8-3,9-4)14(17)19/h11-12H,6-10H2,1-5H3,(H,16,18). The second-order valence-corrected chi connectivity index (χ2v) is 5.59. The maximum Gasteiger partial charge on any atom is 0.249 e. The Labute approximate surface area is 116 Å². The van der Waals surface area contributed by atoms with Crippen molar-refractivity contribution in [3.63, 3.8) is 0 Å². The molecule has 1 unspecified atom stereocenters. The molecule has 0 aliphatic carbocycles. The van der Waals surface area contributed by atoms with Gasteiger partial charge in [0.1, 0.15) is 5.54 Å². The van der Waals surface area contributed by atoms with Gasteiger partial charge in [-0.25, -0.2) is 0 Å². The van der Waals surface area contributed by atoms with Crippen molar-refractivity contribution in [2.45, 2.75) is 71.9 Å². The summed E-state index contributed by atoms with van der Waals surface area (Å²) in [6.45, 7) is 10.5. The van der Waals surface area contributed by atoms with Gasteiger partial charge in [-0.15, -0.1) is 0 Å². The van der Waals surface area contributed by atoms with E-state index in [1.165, 1.54) is 0 Å². The number of carbonyl (C=O) groups excluding carboxylic acids is 2. The van der Waals surface area contributed by atoms with E-state index in [-0.39, 0.29) is 24.4 Å². The number of carbonyl (C=O) groups is 2. The van der Waals surface area contributed by atoms with Crippen LogP contribution in [0.15, 0.2) is 0 Å². The van der Waals surface area contributed by atoms with E-state index in [0.717, 1.165) is 12.8 Å². The Kier molecular flexibility index (Phi) is 5.39. The van der Waals surface area contributed by atoms with Gasteiger partial charge in [0.2, 0.25) is 11.8 Å². The summed E-state index contributed by atoms with van der Waals surface area (Å²) in [4.78, 5) is 26.5. The lowest BCUT2D eigenvalue weighted by Crippen LogP contribution is -2.68. The lowest BCUT2D eigenvalue weighted by molar-refractivity contribution is -0.153. The van der Waals surface area contributed by atoms with Gasteiger partial charge in [0.25, 0.3) is 0 Å². The molecule has 0 aromatic carbocycles. The number of hydrogen-bond acceptors (Lipinski definition) is 2. The zero-order chi connectivity index (χ0) is 14.6. The van der Waals surface area contributed by atoms with E-state index in [0.29, 0.717) is 18.8 Å². The summed E-state index contributed by atoms with van der Waals surface area (Å²) in [6.07, 6.45) is 3.38. The van der Waals surface area contributed by atoms with Crippen LogP contribution in [0.1, 0.15) is 60.3 Å². The van der Waals surface area contributed by atoms with Crippen molar-refractivity contribution < 1.29 is 9.59 Å². The molecule has 110 valence electrons. The number of nitrogens with one attached hydrogen (secondary N) is 1. The molecular weight excluding hydrogens is 240 g/mol. The predicted octanol–water partition coefficient (Wildman–Crippen LogP) is 2.33. The van der Waals surface area contributed by atoms with E-state index in [4.69, 9.17) is 0 Å². The molecule has 4 heteroatoms. The van der Waals surface area contributed by atoms with Crippen molar-refractivity contribution in [2.75, 3.05) is 6.54 Å². The minimum atomic E-state index is -0.685. The van der Waals surface area contributed by atoms with E-state index in [1.807, 2.05) is 13.8 Å². The molecule has 1 heterocycles. The minimum Gasteiger partial charge on any atom is -0.340 e. The van der Waals surface area contributed by atoms with Crippen LogP contribution >= 0.6 is 0 Å². The van der Waals surface area contributed by atoms with Crippen LogP contribution in [-0.4, -0.2) is 34.8 Å². The van der Waals surface area contributed by atoms with E-state index in [2.05, 4.69) is 26.1 Å². The average molecular weight is 268 g/mol. The van der Waals surface area contributed by atoms with Crippen molar-refractivity contribution in [1.29, 1.82) is 0 Å². The quantitative estimate of drug-likeness (QED) is 0.803. The molecule has 0 radical (unpaired) electrons. The van der Waals surface area contributed by atoms with Crippen molar-refractivity contribution >= 4 is 11.8 Å². The monoisotopic (exact) mass is 268 g/mol. The molecule has 1 rings (SSSR count). The zero-order valence-electron chi connectivity index (χ0n) is 13.0. The van der Waals surface area contributed by atoms with Gasteiger partial charge in [0, 0.05) is 6.04 Å². The first-order valence-corrected chi connectivity index (χ1v) is 7.57. The maximum atomic E-state index is 12.7. The van der Waals surface area contributed by atoms with Gasteiger partial charge in [-0.3, -0.25) is 9.59 Å². The molecule has 1 N–H and O–H groups in total. The summed E-state index contributed by atoms with van der Waals surface area (Å²) in [6, 6.07) is 0.131. The van der Waals surface area contributed by atoms with E-state index in [9.17, 15) is 9.59 Å². The van der Waals surface area contributed by atoms with E-state index >= 15 is 0 Å². The van der Waals surface area contributed by atoms with Gasteiger partial charge in [-0.1, -0.05) is 40.5 Å². The number of amides is 2. The molecule has 0 aromatic heterocycles. The minimum absolute atomic E-state index is 0.0268. The molecule has 0 spiro atoms. The smallest absolute Gasteiger partial charge is 0.249 e. The first-order valence-electron chi connectivity index (χ1n) is 7.57. The molecule has 0 aromatic rings. The fourth-order valence-corrected chi connectivity index (χ4v) is 3.14. The largest absolute Gasteiger partial charge is 0.340 e. The SMILES string of the molecule is CCC(CC)C(C)N1CC(=O)NC(CC)(CC)C1=O. The molecule has 1 fully saturated rings. The summed E-state index contributed by atoms with van der Waals surface area (Å²) in [7, 11) is 0. The average Bonchev–Trinajstić information content (AvgIpc) is 2.42. The topological polar surface area (TPSA) is 49.4 Å². The lowest BCUT2D eigenvalue weighted by atomic mass is 9.86. The van der Waals surface area contributed by atoms with Crippen LogP contribution < -0.4 is 5.32 Å². The molecule has 4 nitrogen and oxygen atoms in total. The van der Waals surface area contributed by atoms with Crippen LogP contribution in [0.2, 0.25) is 0 Å². The third kappa shape index (κ3) is 2.93. The summed E-state index contributed by atoms with van der Waals surface area (Å²) >= 11 is 0. The van der Waals surface area contributed by atoms with Crippen LogP contribution in [0.4, 0.5) is 0 Å². The zero-order valence-corrected chi connectivity index (χ0v) is 13.0. The van der Waals surface area contributed by atoms with Crippen molar-refractivity contribution in [2.24, 2.45) is 5.92 Å². The summed E-state index contributed by atoms with van der Waals surface area (Å²) in [5.41, 5.74) is -0.685. The first kappa shape index (κ1) is 16.0. The van der Waals surface area contributed by atoms with Crippen LogP contribution in [0.5, 0.6) is 0 Å². The Morgan fingerprint density at radius 3 is 2.11 bits per heavy atom. The van der Waals surface area contributed by atoms with E-state index < -0.39 is 5.54 Å². The Balaban J connectivity index is 3.00. The highest BCUT2D eigenvalue weighted by molar-refractivity contribution is 5.98. The Bertz CT molecular complexity index is 333. The molecular formula is C15H28N2O2. The number of piperazine rings is 1. The molecule has 19 heavy (non-hydrogen) atoms. The second-order valence-electron chi connectivity index (χ2n) is 5.59. The van der Waals surface area contributed by atoms with Crippen LogP contribution in [0.3, 0.4) is 0 Å². The highest BCUT2D eigenvalue weighted by atomic mass is 16.2. The third-order valence-electron chi connectivity index (χ3n) is 4.79. The van der Waals surface area contributed by atoms with Crippen molar-refractivity contribution in [3.05, 3.63) is 0 Å². The van der Waals surface area contributed by atoms with Crippen molar-refractivity contribution in [3.8, 4) is 0 Å². The molecule has 0 bridgehead atoms. The van der Waals surface area contributed by atoms with Gasteiger partial charge in [0.15, 0.2) is 0 Å². The molecule has 1 saturated heterocycles.